The second-order valence-corrected chi connectivity index (χ2v) is 3.00. The van der Waals surface area contributed by atoms with Crippen LogP contribution in [-0.4, -0.2) is 25.7 Å². The second kappa shape index (κ2) is 4.69. The van der Waals surface area contributed by atoms with Crippen LogP contribution in [0.4, 0.5) is 0 Å². The highest BCUT2D eigenvalue weighted by molar-refractivity contribution is 4.75. The number of hydrogen-bond acceptors (Lipinski definition) is 2. The van der Waals surface area contributed by atoms with Gasteiger partial charge in [-0.05, 0) is 32.4 Å². The van der Waals surface area contributed by atoms with Gasteiger partial charge in [0.15, 0.2) is 0 Å². The van der Waals surface area contributed by atoms with Crippen molar-refractivity contribution in [3.05, 3.63) is 0 Å². The minimum atomic E-state index is 0.756. The molecule has 0 radical (unpaired) electrons. The van der Waals surface area contributed by atoms with Crippen LogP contribution in [0.15, 0.2) is 0 Å². The van der Waals surface area contributed by atoms with E-state index in [9.17, 15) is 0 Å². The molecule has 1 aliphatic rings. The molecule has 1 aliphatic heterocycles. The van der Waals surface area contributed by atoms with E-state index in [0.717, 1.165) is 19.1 Å². The Morgan fingerprint density at radius 2 is 2.50 bits per heavy atom. The Hall–Kier alpha value is -0.0800. The highest BCUT2D eigenvalue weighted by Crippen LogP contribution is 2.02. The Kier molecular flexibility index (Phi) is 3.76. The SMILES string of the molecule is CCCNCC1CCCN1. The molecule has 10 heavy (non-hydrogen) atoms. The largest absolute Gasteiger partial charge is 0.315 e. The molecule has 0 spiro atoms. The van der Waals surface area contributed by atoms with Crippen LogP contribution in [-0.2, 0) is 0 Å². The Labute approximate surface area is 63.4 Å². The van der Waals surface area contributed by atoms with E-state index in [4.69, 9.17) is 0 Å². The minimum Gasteiger partial charge on any atom is -0.315 e. The lowest BCUT2D eigenvalue weighted by Gasteiger charge is -2.09. The predicted molar refractivity (Wildman–Crippen MR) is 44.2 cm³/mol. The van der Waals surface area contributed by atoms with Gasteiger partial charge in [-0.15, -0.1) is 0 Å². The van der Waals surface area contributed by atoms with E-state index in [0.29, 0.717) is 0 Å². The summed E-state index contributed by atoms with van der Waals surface area (Å²) in [6.07, 6.45) is 3.96. The number of hydrogen-bond donors (Lipinski definition) is 2. The summed E-state index contributed by atoms with van der Waals surface area (Å²) in [5.41, 5.74) is 0. The molecule has 1 saturated heterocycles. The summed E-state index contributed by atoms with van der Waals surface area (Å²) in [6.45, 7) is 5.75. The Balaban J connectivity index is 1.91. The van der Waals surface area contributed by atoms with Gasteiger partial charge in [0.25, 0.3) is 0 Å². The van der Waals surface area contributed by atoms with E-state index in [1.54, 1.807) is 0 Å². The fraction of sp³-hybridized carbons (Fsp3) is 1.00. The first-order valence-corrected chi connectivity index (χ1v) is 4.37. The van der Waals surface area contributed by atoms with Gasteiger partial charge in [0, 0.05) is 12.6 Å². The first kappa shape index (κ1) is 8.02. The van der Waals surface area contributed by atoms with Crippen LogP contribution in [0.25, 0.3) is 0 Å². The summed E-state index contributed by atoms with van der Waals surface area (Å²) in [7, 11) is 0. The summed E-state index contributed by atoms with van der Waals surface area (Å²) in [5, 5.41) is 6.87. The lowest BCUT2D eigenvalue weighted by atomic mass is 10.2. The second-order valence-electron chi connectivity index (χ2n) is 3.00. The van der Waals surface area contributed by atoms with Gasteiger partial charge in [-0.25, -0.2) is 0 Å². The van der Waals surface area contributed by atoms with Crippen molar-refractivity contribution in [2.45, 2.75) is 32.2 Å². The molecule has 0 aromatic rings. The lowest BCUT2D eigenvalue weighted by Crippen LogP contribution is -2.34. The quantitative estimate of drug-likeness (QED) is 0.566. The van der Waals surface area contributed by atoms with E-state index >= 15 is 0 Å². The van der Waals surface area contributed by atoms with Crippen LogP contribution < -0.4 is 10.6 Å². The van der Waals surface area contributed by atoms with Crippen molar-refractivity contribution in [1.82, 2.24) is 10.6 Å². The smallest absolute Gasteiger partial charge is 0.0192 e. The lowest BCUT2D eigenvalue weighted by molar-refractivity contribution is 0.535. The Morgan fingerprint density at radius 3 is 3.10 bits per heavy atom. The van der Waals surface area contributed by atoms with Crippen molar-refractivity contribution in [2.75, 3.05) is 19.6 Å². The maximum absolute atomic E-state index is 3.45. The molecular weight excluding hydrogens is 124 g/mol. The fourth-order valence-corrected chi connectivity index (χ4v) is 1.38. The summed E-state index contributed by atoms with van der Waals surface area (Å²) in [4.78, 5) is 0. The van der Waals surface area contributed by atoms with E-state index in [1.807, 2.05) is 0 Å². The third-order valence-corrected chi connectivity index (χ3v) is 1.98. The van der Waals surface area contributed by atoms with Crippen molar-refractivity contribution in [3.8, 4) is 0 Å². The summed E-state index contributed by atoms with van der Waals surface area (Å²) < 4.78 is 0. The zero-order valence-corrected chi connectivity index (χ0v) is 6.82. The van der Waals surface area contributed by atoms with Crippen LogP contribution in [0, 0.1) is 0 Å². The normalized spacial score (nSPS) is 25.5. The molecule has 2 N–H and O–H groups in total. The molecule has 1 heterocycles. The maximum Gasteiger partial charge on any atom is 0.0192 e. The molecule has 60 valence electrons. The molecule has 2 nitrogen and oxygen atoms in total. The summed E-state index contributed by atoms with van der Waals surface area (Å²) in [6, 6.07) is 0.756. The standard InChI is InChI=1S/C8H18N2/c1-2-5-9-7-8-4-3-6-10-8/h8-10H,2-7H2,1H3. The van der Waals surface area contributed by atoms with Gasteiger partial charge in [-0.2, -0.15) is 0 Å². The average Bonchev–Trinajstić information content (AvgIpc) is 2.41. The molecular formula is C8H18N2. The molecule has 0 saturated carbocycles. The third-order valence-electron chi connectivity index (χ3n) is 1.98. The van der Waals surface area contributed by atoms with Gasteiger partial charge in [-0.1, -0.05) is 6.92 Å². The Bertz CT molecular complexity index is 77.3. The molecule has 1 fully saturated rings. The van der Waals surface area contributed by atoms with E-state index in [1.165, 1.54) is 25.8 Å². The van der Waals surface area contributed by atoms with Gasteiger partial charge in [0.05, 0.1) is 0 Å². The first-order chi connectivity index (χ1) is 4.93. The number of rotatable bonds is 4. The van der Waals surface area contributed by atoms with Gasteiger partial charge < -0.3 is 10.6 Å². The van der Waals surface area contributed by atoms with Crippen molar-refractivity contribution in [3.63, 3.8) is 0 Å². The predicted octanol–water partition coefficient (Wildman–Crippen LogP) is 0.738. The number of nitrogens with one attached hydrogen (secondary N) is 2. The molecule has 1 unspecified atom stereocenters. The van der Waals surface area contributed by atoms with E-state index < -0.39 is 0 Å². The van der Waals surface area contributed by atoms with Crippen LogP contribution in [0.5, 0.6) is 0 Å². The summed E-state index contributed by atoms with van der Waals surface area (Å²) in [5.74, 6) is 0. The van der Waals surface area contributed by atoms with Crippen molar-refractivity contribution in [1.29, 1.82) is 0 Å². The zero-order valence-electron chi connectivity index (χ0n) is 6.82. The molecule has 0 amide bonds. The molecule has 0 aromatic heterocycles. The maximum atomic E-state index is 3.45. The molecule has 2 heteroatoms. The minimum absolute atomic E-state index is 0.756. The monoisotopic (exact) mass is 142 g/mol. The molecule has 0 bridgehead atoms. The van der Waals surface area contributed by atoms with E-state index in [2.05, 4.69) is 17.6 Å². The topological polar surface area (TPSA) is 24.1 Å². The molecule has 1 rings (SSSR count). The highest BCUT2D eigenvalue weighted by Gasteiger charge is 2.11. The van der Waals surface area contributed by atoms with Gasteiger partial charge in [0.1, 0.15) is 0 Å². The fourth-order valence-electron chi connectivity index (χ4n) is 1.38. The van der Waals surface area contributed by atoms with Crippen LogP contribution in [0.2, 0.25) is 0 Å². The van der Waals surface area contributed by atoms with Gasteiger partial charge in [0.2, 0.25) is 0 Å². The third kappa shape index (κ3) is 2.67. The van der Waals surface area contributed by atoms with E-state index in [-0.39, 0.29) is 0 Å². The van der Waals surface area contributed by atoms with Gasteiger partial charge >= 0.3 is 0 Å². The molecule has 0 aromatic carbocycles. The van der Waals surface area contributed by atoms with Crippen LogP contribution in [0.3, 0.4) is 0 Å². The van der Waals surface area contributed by atoms with Crippen LogP contribution in [0.1, 0.15) is 26.2 Å². The van der Waals surface area contributed by atoms with Crippen LogP contribution >= 0.6 is 0 Å². The van der Waals surface area contributed by atoms with Gasteiger partial charge in [-0.3, -0.25) is 0 Å². The molecule has 0 aliphatic carbocycles. The highest BCUT2D eigenvalue weighted by atomic mass is 15.0. The zero-order chi connectivity index (χ0) is 7.23. The van der Waals surface area contributed by atoms with Crippen molar-refractivity contribution >= 4 is 0 Å². The van der Waals surface area contributed by atoms with Crippen molar-refractivity contribution < 1.29 is 0 Å². The molecule has 1 atom stereocenters. The summed E-state index contributed by atoms with van der Waals surface area (Å²) >= 11 is 0. The first-order valence-electron chi connectivity index (χ1n) is 4.37. The average molecular weight is 142 g/mol. The van der Waals surface area contributed by atoms with Crippen molar-refractivity contribution in [2.24, 2.45) is 0 Å². The Morgan fingerprint density at radius 1 is 1.60 bits per heavy atom.